The average Bonchev–Trinajstić information content (AvgIpc) is 3.08. The van der Waals surface area contributed by atoms with Gasteiger partial charge in [0.2, 0.25) is 5.95 Å². The van der Waals surface area contributed by atoms with Gasteiger partial charge in [0.05, 0.1) is 12.5 Å². The van der Waals surface area contributed by atoms with Gasteiger partial charge in [-0.15, -0.1) is 0 Å². The van der Waals surface area contributed by atoms with Crippen LogP contribution in [-0.4, -0.2) is 25.6 Å². The number of hydrogen-bond donors (Lipinski definition) is 1. The van der Waals surface area contributed by atoms with Crippen molar-refractivity contribution in [3.05, 3.63) is 45.9 Å². The lowest BCUT2D eigenvalue weighted by molar-refractivity contribution is 0.136. The average molecular weight is 393 g/mol. The predicted octanol–water partition coefficient (Wildman–Crippen LogP) is 2.95. The lowest BCUT2D eigenvalue weighted by atomic mass is 9.76. The third-order valence-corrected chi connectivity index (χ3v) is 6.07. The van der Waals surface area contributed by atoms with Gasteiger partial charge in [-0.3, -0.25) is 0 Å². The number of nitrogen functional groups attached to an aromatic ring is 1. The van der Waals surface area contributed by atoms with Gasteiger partial charge in [-0.2, -0.15) is 4.98 Å². The molecule has 0 bridgehead atoms. The number of fused-ring (bicyclic) bond motifs is 3. The molecule has 3 aromatic heterocycles. The van der Waals surface area contributed by atoms with Crippen LogP contribution in [0.4, 0.5) is 5.95 Å². The summed E-state index contributed by atoms with van der Waals surface area (Å²) in [6.45, 7) is 4.83. The van der Waals surface area contributed by atoms with E-state index in [1.54, 1.807) is 25.5 Å². The summed E-state index contributed by atoms with van der Waals surface area (Å²) in [5.74, 6) is 2.37. The molecule has 1 fully saturated rings. The smallest absolute Gasteiger partial charge is 0.346 e. The first-order chi connectivity index (χ1) is 14.0. The largest absolute Gasteiger partial charge is 0.485 e. The van der Waals surface area contributed by atoms with Crippen LogP contribution in [0, 0.1) is 18.8 Å². The second-order valence-electron chi connectivity index (χ2n) is 8.09. The summed E-state index contributed by atoms with van der Waals surface area (Å²) in [5.41, 5.74) is 8.66. The van der Waals surface area contributed by atoms with Gasteiger partial charge in [0, 0.05) is 12.6 Å². The van der Waals surface area contributed by atoms with Gasteiger partial charge < -0.3 is 19.5 Å². The number of rotatable bonds is 3. The van der Waals surface area contributed by atoms with Crippen LogP contribution in [0.25, 0.3) is 17.2 Å². The standard InChI is InChI=1S/C21H23N5O3/c1-11(9-26-10-24-16-8-23-21(22)25-19(16)26)13-3-4-14-6-15-18(29-17(14)7-13)5-12(2)28-20(15)27/h5-6,8,10-11,13,17H,3-4,7,9H2,1-2H3,(H2,22,23,25)/t11?,13-,17-/m0/s1. The normalized spacial score (nSPS) is 21.8. The van der Waals surface area contributed by atoms with E-state index in [1.807, 2.05) is 6.08 Å². The highest BCUT2D eigenvalue weighted by Crippen LogP contribution is 2.40. The van der Waals surface area contributed by atoms with Gasteiger partial charge in [0.15, 0.2) is 5.65 Å². The zero-order chi connectivity index (χ0) is 20.1. The number of nitrogens with two attached hydrogens (primary N) is 1. The van der Waals surface area contributed by atoms with E-state index in [0.29, 0.717) is 28.9 Å². The van der Waals surface area contributed by atoms with E-state index in [4.69, 9.17) is 14.9 Å². The molecule has 3 aromatic rings. The Morgan fingerprint density at radius 3 is 3.10 bits per heavy atom. The number of anilines is 1. The van der Waals surface area contributed by atoms with E-state index < -0.39 is 0 Å². The summed E-state index contributed by atoms with van der Waals surface area (Å²) in [6.07, 6.45) is 8.35. The van der Waals surface area contributed by atoms with Crippen molar-refractivity contribution in [3.63, 3.8) is 0 Å². The van der Waals surface area contributed by atoms with Crippen LogP contribution in [0.2, 0.25) is 0 Å². The van der Waals surface area contributed by atoms with Crippen LogP contribution >= 0.6 is 0 Å². The molecule has 1 unspecified atom stereocenters. The Bertz CT molecular complexity index is 1180. The number of ether oxygens (including phenoxy) is 1. The number of aryl methyl sites for hydroxylation is 1. The van der Waals surface area contributed by atoms with Crippen LogP contribution in [0.5, 0.6) is 5.75 Å². The van der Waals surface area contributed by atoms with Crippen LogP contribution in [0.1, 0.15) is 37.5 Å². The third kappa shape index (κ3) is 3.18. The zero-order valence-electron chi connectivity index (χ0n) is 16.5. The fourth-order valence-corrected chi connectivity index (χ4v) is 4.48. The van der Waals surface area contributed by atoms with Gasteiger partial charge in [-0.1, -0.05) is 6.92 Å². The summed E-state index contributed by atoms with van der Waals surface area (Å²) >= 11 is 0. The van der Waals surface area contributed by atoms with E-state index in [0.717, 1.165) is 37.0 Å². The van der Waals surface area contributed by atoms with Crippen LogP contribution in [0.15, 0.2) is 33.4 Å². The van der Waals surface area contributed by atoms with Crippen LogP contribution in [-0.2, 0) is 6.54 Å². The van der Waals surface area contributed by atoms with Crippen LogP contribution in [0.3, 0.4) is 0 Å². The highest BCUT2D eigenvalue weighted by Gasteiger charge is 2.34. The first-order valence-corrected chi connectivity index (χ1v) is 9.93. The summed E-state index contributed by atoms with van der Waals surface area (Å²) < 4.78 is 13.5. The van der Waals surface area contributed by atoms with Crippen molar-refractivity contribution in [3.8, 4) is 5.75 Å². The molecule has 3 atom stereocenters. The van der Waals surface area contributed by atoms with Crippen molar-refractivity contribution < 1.29 is 9.15 Å². The molecule has 0 radical (unpaired) electrons. The fourth-order valence-electron chi connectivity index (χ4n) is 4.48. The highest BCUT2D eigenvalue weighted by atomic mass is 16.5. The molecule has 0 aromatic carbocycles. The Balaban J connectivity index is 1.34. The summed E-state index contributed by atoms with van der Waals surface area (Å²) in [4.78, 5) is 24.8. The van der Waals surface area contributed by atoms with E-state index in [2.05, 4.69) is 26.4 Å². The van der Waals surface area contributed by atoms with Crippen molar-refractivity contribution in [2.45, 2.75) is 45.8 Å². The molecule has 4 heterocycles. The maximum atomic E-state index is 12.1. The van der Waals surface area contributed by atoms with Crippen molar-refractivity contribution in [2.24, 2.45) is 11.8 Å². The molecule has 1 aliphatic carbocycles. The molecular weight excluding hydrogens is 370 g/mol. The summed E-state index contributed by atoms with van der Waals surface area (Å²) in [7, 11) is 0. The molecule has 0 saturated heterocycles. The van der Waals surface area contributed by atoms with Crippen molar-refractivity contribution >= 4 is 23.2 Å². The molecule has 5 rings (SSSR count). The maximum absolute atomic E-state index is 12.1. The molecule has 0 amide bonds. The van der Waals surface area contributed by atoms with Gasteiger partial charge in [-0.05, 0) is 49.7 Å². The topological polar surface area (TPSA) is 109 Å². The molecule has 150 valence electrons. The number of aromatic nitrogens is 4. The SMILES string of the molecule is Cc1cc2c(c(=O)o1)C=C1CC[C@H](C(C)Cn3cnc4cnc(N)nc43)C[C@@H]1O2. The summed E-state index contributed by atoms with van der Waals surface area (Å²) in [5, 5.41) is 0. The van der Waals surface area contributed by atoms with Gasteiger partial charge >= 0.3 is 5.63 Å². The van der Waals surface area contributed by atoms with Gasteiger partial charge in [0.1, 0.15) is 28.7 Å². The zero-order valence-corrected chi connectivity index (χ0v) is 16.5. The molecule has 2 aliphatic rings. The minimum atomic E-state index is -0.324. The second-order valence-corrected chi connectivity index (χ2v) is 8.09. The van der Waals surface area contributed by atoms with Gasteiger partial charge in [0.25, 0.3) is 0 Å². The quantitative estimate of drug-likeness (QED) is 0.728. The fraction of sp³-hybridized carbons (Fsp3) is 0.429. The van der Waals surface area contributed by atoms with E-state index >= 15 is 0 Å². The maximum Gasteiger partial charge on any atom is 0.346 e. The minimum absolute atomic E-state index is 0.0161. The van der Waals surface area contributed by atoms with E-state index in [9.17, 15) is 4.79 Å². The molecule has 1 aliphatic heterocycles. The molecule has 8 heteroatoms. The monoisotopic (exact) mass is 393 g/mol. The summed E-state index contributed by atoms with van der Waals surface area (Å²) in [6, 6.07) is 1.80. The number of nitrogens with zero attached hydrogens (tertiary/aromatic N) is 4. The van der Waals surface area contributed by atoms with Gasteiger partial charge in [-0.25, -0.2) is 14.8 Å². The number of hydrogen-bond acceptors (Lipinski definition) is 7. The molecule has 2 N–H and O–H groups in total. The molecular formula is C21H23N5O3. The molecule has 0 spiro atoms. The van der Waals surface area contributed by atoms with Crippen molar-refractivity contribution in [2.75, 3.05) is 5.73 Å². The lowest BCUT2D eigenvalue weighted by Gasteiger charge is -2.37. The van der Waals surface area contributed by atoms with Crippen LogP contribution < -0.4 is 16.1 Å². The Labute approximate surface area is 167 Å². The Hall–Kier alpha value is -3.16. The molecule has 8 nitrogen and oxygen atoms in total. The van der Waals surface area contributed by atoms with E-state index in [1.165, 1.54) is 5.57 Å². The predicted molar refractivity (Wildman–Crippen MR) is 108 cm³/mol. The molecule has 29 heavy (non-hydrogen) atoms. The first kappa shape index (κ1) is 17.9. The Morgan fingerprint density at radius 1 is 1.38 bits per heavy atom. The number of imidazole rings is 1. The Morgan fingerprint density at radius 2 is 2.24 bits per heavy atom. The lowest BCUT2D eigenvalue weighted by Crippen LogP contribution is -2.34. The minimum Gasteiger partial charge on any atom is -0.485 e. The third-order valence-electron chi connectivity index (χ3n) is 6.07. The van der Waals surface area contributed by atoms with Crippen molar-refractivity contribution in [1.82, 2.24) is 19.5 Å². The van der Waals surface area contributed by atoms with E-state index in [-0.39, 0.29) is 17.7 Å². The van der Waals surface area contributed by atoms with Crippen molar-refractivity contribution in [1.29, 1.82) is 0 Å². The second kappa shape index (κ2) is 6.72. The Kier molecular flexibility index (Phi) is 4.15. The first-order valence-electron chi connectivity index (χ1n) is 9.93. The highest BCUT2D eigenvalue weighted by molar-refractivity contribution is 5.70. The molecule has 1 saturated carbocycles.